The van der Waals surface area contributed by atoms with E-state index in [-0.39, 0.29) is 11.7 Å². The van der Waals surface area contributed by atoms with Gasteiger partial charge in [-0.15, -0.1) is 0 Å². The van der Waals surface area contributed by atoms with Gasteiger partial charge in [-0.3, -0.25) is 9.59 Å². The predicted molar refractivity (Wildman–Crippen MR) is 164 cm³/mol. The van der Waals surface area contributed by atoms with E-state index in [1.807, 2.05) is 32.0 Å². The predicted octanol–water partition coefficient (Wildman–Crippen LogP) is 7.10. The number of alkyl carbamates (subject to hydrolysis) is 1. The van der Waals surface area contributed by atoms with Crippen molar-refractivity contribution < 1.29 is 24.2 Å². The first kappa shape index (κ1) is 33.7. The number of aryl methyl sites for hydroxylation is 3. The molecule has 2 rings (SSSR count). The zero-order valence-electron chi connectivity index (χ0n) is 26.1. The van der Waals surface area contributed by atoms with Crippen molar-refractivity contribution in [3.05, 3.63) is 58.7 Å². The molecular formula is C33H49N3O5. The van der Waals surface area contributed by atoms with Crippen LogP contribution in [0.2, 0.25) is 0 Å². The number of aromatic hydroxyl groups is 1. The molecule has 2 aromatic carbocycles. The van der Waals surface area contributed by atoms with Crippen molar-refractivity contribution >= 4 is 23.6 Å². The van der Waals surface area contributed by atoms with Crippen molar-refractivity contribution in [3.63, 3.8) is 0 Å². The van der Waals surface area contributed by atoms with E-state index in [1.165, 1.54) is 0 Å². The third kappa shape index (κ3) is 10.4. The largest absolute Gasteiger partial charge is 0.508 e. The molecule has 0 saturated heterocycles. The molecule has 0 aliphatic heterocycles. The molecule has 0 aliphatic rings. The maximum Gasteiger partial charge on any atom is 0.408 e. The van der Waals surface area contributed by atoms with Gasteiger partial charge in [0, 0.05) is 12.2 Å². The van der Waals surface area contributed by atoms with Crippen LogP contribution < -0.4 is 10.6 Å². The number of carbonyl (C=O) groups is 3. The standard InChI is InChI=1S/C33H49N3O5/c1-9-10-11-12-13-14-20-36(31(39)25(5)34-32(40)41-33(6,7)8)29(26-18-19-27(37)24(4)21-26)30(38)35-28-22(2)16-15-17-23(28)3/h15-19,21,25,29,37H,9-14,20H2,1-8H3,(H,34,40)(H,35,38). The highest BCUT2D eigenvalue weighted by Crippen LogP contribution is 2.30. The summed E-state index contributed by atoms with van der Waals surface area (Å²) in [5.41, 5.74) is 2.97. The van der Waals surface area contributed by atoms with Crippen molar-refractivity contribution in [1.29, 1.82) is 0 Å². The van der Waals surface area contributed by atoms with Gasteiger partial charge in [-0.2, -0.15) is 0 Å². The van der Waals surface area contributed by atoms with Crippen LogP contribution in [0.3, 0.4) is 0 Å². The Hall–Kier alpha value is -3.55. The zero-order chi connectivity index (χ0) is 30.7. The number of para-hydroxylation sites is 1. The van der Waals surface area contributed by atoms with Crippen LogP contribution in [0, 0.1) is 20.8 Å². The van der Waals surface area contributed by atoms with Gasteiger partial charge < -0.3 is 25.4 Å². The second kappa shape index (κ2) is 15.5. The van der Waals surface area contributed by atoms with Crippen LogP contribution in [0.5, 0.6) is 5.75 Å². The maximum absolute atomic E-state index is 14.1. The van der Waals surface area contributed by atoms with Crippen molar-refractivity contribution in [3.8, 4) is 5.75 Å². The molecule has 2 unspecified atom stereocenters. The Bertz CT molecular complexity index is 1170. The summed E-state index contributed by atoms with van der Waals surface area (Å²) in [4.78, 5) is 42.2. The van der Waals surface area contributed by atoms with E-state index < -0.39 is 29.7 Å². The Balaban J connectivity index is 2.48. The van der Waals surface area contributed by atoms with Gasteiger partial charge in [-0.1, -0.05) is 63.3 Å². The summed E-state index contributed by atoms with van der Waals surface area (Å²) >= 11 is 0. The van der Waals surface area contributed by atoms with Crippen LogP contribution in [0.4, 0.5) is 10.5 Å². The van der Waals surface area contributed by atoms with Crippen molar-refractivity contribution in [2.45, 2.75) is 112 Å². The van der Waals surface area contributed by atoms with Crippen LogP contribution >= 0.6 is 0 Å². The molecule has 3 N–H and O–H groups in total. The summed E-state index contributed by atoms with van der Waals surface area (Å²) in [5.74, 6) is -0.649. The zero-order valence-corrected chi connectivity index (χ0v) is 26.1. The first-order valence-corrected chi connectivity index (χ1v) is 14.7. The highest BCUT2D eigenvalue weighted by Gasteiger charge is 2.35. The molecule has 0 heterocycles. The van der Waals surface area contributed by atoms with Crippen LogP contribution in [0.25, 0.3) is 0 Å². The number of rotatable bonds is 13. The van der Waals surface area contributed by atoms with Gasteiger partial charge in [0.1, 0.15) is 23.4 Å². The number of ether oxygens (including phenoxy) is 1. The van der Waals surface area contributed by atoms with Gasteiger partial charge in [-0.25, -0.2) is 4.79 Å². The monoisotopic (exact) mass is 567 g/mol. The van der Waals surface area contributed by atoms with Crippen LogP contribution in [0.15, 0.2) is 36.4 Å². The van der Waals surface area contributed by atoms with E-state index in [0.717, 1.165) is 43.2 Å². The number of benzene rings is 2. The number of anilines is 1. The van der Waals surface area contributed by atoms with Crippen LogP contribution in [-0.4, -0.2) is 46.1 Å². The minimum absolute atomic E-state index is 0.108. The molecule has 3 amide bonds. The average Bonchev–Trinajstić information content (AvgIpc) is 2.87. The van der Waals surface area contributed by atoms with E-state index >= 15 is 0 Å². The van der Waals surface area contributed by atoms with E-state index in [0.29, 0.717) is 29.8 Å². The quantitative estimate of drug-likeness (QED) is 0.224. The lowest BCUT2D eigenvalue weighted by Gasteiger charge is -2.34. The Morgan fingerprint density at radius 1 is 0.927 bits per heavy atom. The number of unbranched alkanes of at least 4 members (excludes halogenated alkanes) is 5. The lowest BCUT2D eigenvalue weighted by Crippen LogP contribution is -2.51. The minimum atomic E-state index is -0.987. The molecule has 0 radical (unpaired) electrons. The summed E-state index contributed by atoms with van der Waals surface area (Å²) in [5, 5.41) is 15.9. The molecule has 0 bridgehead atoms. The van der Waals surface area contributed by atoms with Gasteiger partial charge in [0.2, 0.25) is 5.91 Å². The first-order valence-electron chi connectivity index (χ1n) is 14.7. The fraction of sp³-hybridized carbons (Fsp3) is 0.545. The van der Waals surface area contributed by atoms with Crippen LogP contribution in [-0.2, 0) is 14.3 Å². The first-order chi connectivity index (χ1) is 19.2. The molecule has 2 aromatic rings. The smallest absolute Gasteiger partial charge is 0.408 e. The van der Waals surface area contributed by atoms with Gasteiger partial charge in [0.15, 0.2) is 0 Å². The highest BCUT2D eigenvalue weighted by atomic mass is 16.6. The number of nitrogens with zero attached hydrogens (tertiary/aromatic N) is 1. The molecule has 2 atom stereocenters. The van der Waals surface area contributed by atoms with E-state index in [2.05, 4.69) is 17.6 Å². The summed E-state index contributed by atoms with van der Waals surface area (Å²) in [6, 6.07) is 8.81. The number of phenolic OH excluding ortho intramolecular Hbond substituents is 1. The molecule has 0 saturated carbocycles. The van der Waals surface area contributed by atoms with E-state index in [4.69, 9.17) is 4.74 Å². The number of amides is 3. The Morgan fingerprint density at radius 2 is 1.54 bits per heavy atom. The second-order valence-electron chi connectivity index (χ2n) is 11.9. The highest BCUT2D eigenvalue weighted by molar-refractivity contribution is 5.99. The molecular weight excluding hydrogens is 518 g/mol. The fourth-order valence-corrected chi connectivity index (χ4v) is 4.75. The fourth-order valence-electron chi connectivity index (χ4n) is 4.75. The number of hydrogen-bond acceptors (Lipinski definition) is 5. The molecule has 0 aliphatic carbocycles. The number of nitrogens with one attached hydrogen (secondary N) is 2. The van der Waals surface area contributed by atoms with Crippen molar-refractivity contribution in [2.75, 3.05) is 11.9 Å². The molecule has 8 nitrogen and oxygen atoms in total. The molecule has 8 heteroatoms. The maximum atomic E-state index is 14.1. The molecule has 226 valence electrons. The number of hydrogen-bond donors (Lipinski definition) is 3. The molecule has 41 heavy (non-hydrogen) atoms. The Kier molecular flexibility index (Phi) is 12.7. The lowest BCUT2D eigenvalue weighted by molar-refractivity contribution is -0.140. The van der Waals surface area contributed by atoms with Crippen LogP contribution in [0.1, 0.15) is 101 Å². The van der Waals surface area contributed by atoms with Gasteiger partial charge >= 0.3 is 6.09 Å². The minimum Gasteiger partial charge on any atom is -0.508 e. The van der Waals surface area contributed by atoms with Crippen molar-refractivity contribution in [1.82, 2.24) is 10.2 Å². The summed E-state index contributed by atoms with van der Waals surface area (Å²) in [6.07, 6.45) is 5.38. The number of phenols is 1. The topological polar surface area (TPSA) is 108 Å². The summed E-state index contributed by atoms with van der Waals surface area (Å²) in [7, 11) is 0. The second-order valence-corrected chi connectivity index (χ2v) is 11.9. The Labute approximate surface area is 245 Å². The molecule has 0 aromatic heterocycles. The van der Waals surface area contributed by atoms with Gasteiger partial charge in [-0.05, 0) is 89.3 Å². The van der Waals surface area contributed by atoms with Gasteiger partial charge in [0.05, 0.1) is 0 Å². The van der Waals surface area contributed by atoms with E-state index in [9.17, 15) is 19.5 Å². The summed E-state index contributed by atoms with van der Waals surface area (Å²) < 4.78 is 5.37. The molecule has 0 spiro atoms. The Morgan fingerprint density at radius 3 is 2.12 bits per heavy atom. The normalized spacial score (nSPS) is 12.8. The van der Waals surface area contributed by atoms with E-state index in [1.54, 1.807) is 57.7 Å². The van der Waals surface area contributed by atoms with Crippen molar-refractivity contribution in [2.24, 2.45) is 0 Å². The SMILES string of the molecule is CCCCCCCCN(C(=O)C(C)NC(=O)OC(C)(C)C)C(C(=O)Nc1c(C)cccc1C)c1ccc(O)c(C)c1. The lowest BCUT2D eigenvalue weighted by atomic mass is 9.99. The number of carbonyl (C=O) groups excluding carboxylic acids is 3. The average molecular weight is 568 g/mol. The summed E-state index contributed by atoms with van der Waals surface area (Å²) in [6.45, 7) is 15.0. The van der Waals surface area contributed by atoms with Gasteiger partial charge in [0.25, 0.3) is 5.91 Å². The third-order valence-corrected chi connectivity index (χ3v) is 6.97. The molecule has 0 fully saturated rings. The third-order valence-electron chi connectivity index (χ3n) is 6.97.